The van der Waals surface area contributed by atoms with Crippen LogP contribution in [0.15, 0.2) is 48.5 Å². The minimum atomic E-state index is -0.581. The third kappa shape index (κ3) is 14.3. The molecular formula is C25H38N6O4S2. The lowest BCUT2D eigenvalue weighted by Gasteiger charge is -2.20. The van der Waals surface area contributed by atoms with Gasteiger partial charge in [0, 0.05) is 41.4 Å². The van der Waals surface area contributed by atoms with Gasteiger partial charge in [0.25, 0.3) is 11.8 Å². The number of amides is 3. The van der Waals surface area contributed by atoms with Crippen molar-refractivity contribution in [3.63, 3.8) is 0 Å². The quantitative estimate of drug-likeness (QED) is 0.140. The summed E-state index contributed by atoms with van der Waals surface area (Å²) in [5.41, 5.74) is 9.56. The molecule has 3 amide bonds. The van der Waals surface area contributed by atoms with Crippen molar-refractivity contribution in [1.82, 2.24) is 16.1 Å². The minimum Gasteiger partial charge on any atom is -0.443 e. The van der Waals surface area contributed by atoms with E-state index >= 15 is 0 Å². The Balaban J connectivity index is 0.000000397. The van der Waals surface area contributed by atoms with Crippen LogP contribution in [0, 0.1) is 0 Å². The van der Waals surface area contributed by atoms with Crippen LogP contribution in [0.3, 0.4) is 0 Å². The van der Waals surface area contributed by atoms with Crippen LogP contribution in [0.5, 0.6) is 0 Å². The van der Waals surface area contributed by atoms with E-state index in [0.717, 1.165) is 17.2 Å². The molecule has 10 nitrogen and oxygen atoms in total. The molecule has 0 bridgehead atoms. The molecule has 0 aromatic heterocycles. The second-order valence-corrected chi connectivity index (χ2v) is 10.5. The molecule has 0 aliphatic heterocycles. The zero-order chi connectivity index (χ0) is 27.7. The number of thioether (sulfide) groups is 2. The second kappa shape index (κ2) is 17.4. The molecule has 204 valence electrons. The van der Waals surface area contributed by atoms with Gasteiger partial charge in [0.15, 0.2) is 0 Å². The summed E-state index contributed by atoms with van der Waals surface area (Å²) in [7, 11) is 0. The summed E-state index contributed by atoms with van der Waals surface area (Å²) in [6.45, 7) is 6.65. The van der Waals surface area contributed by atoms with Crippen LogP contribution >= 0.6 is 23.5 Å². The number of ether oxygens (including phenoxy) is 1. The lowest BCUT2D eigenvalue weighted by atomic mass is 10.2. The van der Waals surface area contributed by atoms with Crippen molar-refractivity contribution in [3.05, 3.63) is 59.7 Å². The summed E-state index contributed by atoms with van der Waals surface area (Å²) in [6, 6.07) is 13.9. The maximum absolute atomic E-state index is 11.9. The average Bonchev–Trinajstić information content (AvgIpc) is 2.87. The molecule has 0 saturated carbocycles. The van der Waals surface area contributed by atoms with Crippen LogP contribution in [0.4, 0.5) is 16.2 Å². The first-order valence-electron chi connectivity index (χ1n) is 11.6. The number of nitrogens with two attached hydrogens (primary N) is 1. The van der Waals surface area contributed by atoms with Crippen LogP contribution in [-0.2, 0) is 4.74 Å². The maximum atomic E-state index is 11.9. The normalized spacial score (nSPS) is 10.3. The molecule has 2 rings (SSSR count). The highest BCUT2D eigenvalue weighted by Gasteiger charge is 2.15. The van der Waals surface area contributed by atoms with E-state index in [4.69, 9.17) is 10.6 Å². The average molecular weight is 551 g/mol. The van der Waals surface area contributed by atoms with Crippen molar-refractivity contribution in [2.45, 2.75) is 26.4 Å². The highest BCUT2D eigenvalue weighted by molar-refractivity contribution is 7.98. The molecule has 0 heterocycles. The molecule has 0 fully saturated rings. The van der Waals surface area contributed by atoms with E-state index < -0.39 is 11.7 Å². The van der Waals surface area contributed by atoms with Gasteiger partial charge in [0.2, 0.25) is 0 Å². The molecule has 37 heavy (non-hydrogen) atoms. The van der Waals surface area contributed by atoms with Gasteiger partial charge in [-0.05, 0) is 69.7 Å². The topological polar surface area (TPSA) is 147 Å². The van der Waals surface area contributed by atoms with Crippen LogP contribution in [-0.4, -0.2) is 60.6 Å². The number of anilines is 2. The third-order valence-electron chi connectivity index (χ3n) is 4.31. The van der Waals surface area contributed by atoms with Gasteiger partial charge in [-0.25, -0.2) is 10.2 Å². The van der Waals surface area contributed by atoms with Crippen molar-refractivity contribution in [1.29, 1.82) is 0 Å². The highest BCUT2D eigenvalue weighted by atomic mass is 32.2. The molecule has 7 N–H and O–H groups in total. The number of nitrogens with one attached hydrogen (secondary N) is 5. The fourth-order valence-corrected chi connectivity index (χ4v) is 3.26. The number of rotatable bonds is 11. The molecule has 0 aliphatic carbocycles. The van der Waals surface area contributed by atoms with Crippen molar-refractivity contribution < 1.29 is 19.1 Å². The fourth-order valence-electron chi connectivity index (χ4n) is 2.65. The Morgan fingerprint density at radius 2 is 1.32 bits per heavy atom. The van der Waals surface area contributed by atoms with E-state index in [-0.39, 0.29) is 11.8 Å². The maximum Gasteiger partial charge on any atom is 0.426 e. The highest BCUT2D eigenvalue weighted by Crippen LogP contribution is 2.11. The Labute approximate surface area is 227 Å². The van der Waals surface area contributed by atoms with Gasteiger partial charge in [0.1, 0.15) is 5.60 Å². The summed E-state index contributed by atoms with van der Waals surface area (Å²) in [5, 5.41) is 5.65. The standard InChI is InChI=1S/C15H23N3O3S.C10H15N3OS/c1-15(2,3)21-14(20)18-17-12-7-5-6-11(10-12)13(19)16-8-9-22-4;1-15-6-5-12-10(14)8-3-2-4-9(7-8)13-11/h5-7,10,17H,8-9H2,1-4H3,(H,16,19)(H,18,20);2-4,7,13H,5-6,11H2,1H3,(H,12,14). The van der Waals surface area contributed by atoms with Crippen molar-refractivity contribution in [2.75, 3.05) is 48.0 Å². The van der Waals surface area contributed by atoms with Crippen molar-refractivity contribution in [3.8, 4) is 0 Å². The summed E-state index contributed by atoms with van der Waals surface area (Å²) >= 11 is 3.37. The van der Waals surface area contributed by atoms with E-state index in [1.165, 1.54) is 0 Å². The molecule has 2 aromatic carbocycles. The predicted octanol–water partition coefficient (Wildman–Crippen LogP) is 3.70. The van der Waals surface area contributed by atoms with Crippen LogP contribution < -0.4 is 32.8 Å². The van der Waals surface area contributed by atoms with Crippen molar-refractivity contribution >= 4 is 52.8 Å². The summed E-state index contributed by atoms with van der Waals surface area (Å²) in [4.78, 5) is 35.1. The Hall–Kier alpha value is -3.09. The molecule has 2 aromatic rings. The zero-order valence-corrected chi connectivity index (χ0v) is 23.6. The van der Waals surface area contributed by atoms with Crippen LogP contribution in [0.1, 0.15) is 41.5 Å². The largest absolute Gasteiger partial charge is 0.443 e. The SMILES string of the molecule is CSCCNC(=O)c1cccc(NN)c1.CSCCNC(=O)c1cccc(NNC(=O)OC(C)(C)C)c1. The molecule has 0 atom stereocenters. The van der Waals surface area contributed by atoms with Gasteiger partial charge in [-0.1, -0.05) is 12.1 Å². The summed E-state index contributed by atoms with van der Waals surface area (Å²) < 4.78 is 5.11. The molecular weight excluding hydrogens is 512 g/mol. The lowest BCUT2D eigenvalue weighted by molar-refractivity contribution is 0.0540. The number of nitrogen functional groups attached to an aromatic ring is 1. The molecule has 0 spiro atoms. The van der Waals surface area contributed by atoms with Crippen molar-refractivity contribution in [2.24, 2.45) is 5.84 Å². The van der Waals surface area contributed by atoms with Gasteiger partial charge in [-0.2, -0.15) is 23.5 Å². The molecule has 0 saturated heterocycles. The molecule has 0 unspecified atom stereocenters. The summed E-state index contributed by atoms with van der Waals surface area (Å²) in [6.07, 6.45) is 3.41. The van der Waals surface area contributed by atoms with Gasteiger partial charge in [-0.15, -0.1) is 0 Å². The molecule has 0 aliphatic rings. The first-order chi connectivity index (χ1) is 17.6. The monoisotopic (exact) mass is 550 g/mol. The Bertz CT molecular complexity index is 1000. The van der Waals surface area contributed by atoms with E-state index in [1.807, 2.05) is 12.5 Å². The molecule has 0 radical (unpaired) electrons. The van der Waals surface area contributed by atoms with Gasteiger partial charge in [-0.3, -0.25) is 20.9 Å². The first kappa shape index (κ1) is 31.9. The van der Waals surface area contributed by atoms with E-state index in [0.29, 0.717) is 29.9 Å². The van der Waals surface area contributed by atoms with Gasteiger partial charge < -0.3 is 20.8 Å². The fraction of sp³-hybridized carbons (Fsp3) is 0.400. The van der Waals surface area contributed by atoms with Gasteiger partial charge >= 0.3 is 6.09 Å². The second-order valence-electron chi connectivity index (χ2n) is 8.56. The Kier molecular flexibility index (Phi) is 15.0. The van der Waals surface area contributed by atoms with Crippen LogP contribution in [0.2, 0.25) is 0 Å². The number of carbonyl (C=O) groups excluding carboxylic acids is 3. The number of hydrogen-bond donors (Lipinski definition) is 6. The summed E-state index contributed by atoms with van der Waals surface area (Å²) in [5.74, 6) is 6.83. The Morgan fingerprint density at radius 3 is 1.78 bits per heavy atom. The number of hydrazine groups is 2. The number of hydrogen-bond acceptors (Lipinski definition) is 9. The molecule has 12 heteroatoms. The smallest absolute Gasteiger partial charge is 0.426 e. The zero-order valence-electron chi connectivity index (χ0n) is 22.0. The van der Waals surface area contributed by atoms with Gasteiger partial charge in [0.05, 0.1) is 5.69 Å². The minimum absolute atomic E-state index is 0.0684. The lowest BCUT2D eigenvalue weighted by Crippen LogP contribution is -2.35. The number of benzene rings is 2. The van der Waals surface area contributed by atoms with Crippen LogP contribution in [0.25, 0.3) is 0 Å². The first-order valence-corrected chi connectivity index (χ1v) is 14.3. The van der Waals surface area contributed by atoms with E-state index in [9.17, 15) is 14.4 Å². The third-order valence-corrected chi connectivity index (χ3v) is 5.53. The predicted molar refractivity (Wildman–Crippen MR) is 155 cm³/mol. The number of carbonyl (C=O) groups is 3. The van der Waals surface area contributed by atoms with E-state index in [1.54, 1.807) is 92.8 Å². The van der Waals surface area contributed by atoms with E-state index in [2.05, 4.69) is 26.9 Å². The Morgan fingerprint density at radius 1 is 0.838 bits per heavy atom.